The van der Waals surface area contributed by atoms with Gasteiger partial charge < -0.3 is 14.3 Å². The molecule has 0 aliphatic carbocycles. The lowest BCUT2D eigenvalue weighted by molar-refractivity contribution is -0.131. The maximum absolute atomic E-state index is 12.7. The number of hydrogen-bond donors (Lipinski definition) is 0. The number of aromatic nitrogens is 2. The molecular formula is C18H24N4O2. The number of hydrogen-bond acceptors (Lipinski definition) is 5. The summed E-state index contributed by atoms with van der Waals surface area (Å²) in [6, 6.07) is 6.14. The summed E-state index contributed by atoms with van der Waals surface area (Å²) < 4.78 is 5.16. The molecule has 6 nitrogen and oxygen atoms in total. The molecule has 0 N–H and O–H groups in total. The number of nitrogens with zero attached hydrogens (tertiary/aromatic N) is 4. The highest BCUT2D eigenvalue weighted by atomic mass is 16.5. The predicted molar refractivity (Wildman–Crippen MR) is 91.9 cm³/mol. The fourth-order valence-electron chi connectivity index (χ4n) is 3.25. The van der Waals surface area contributed by atoms with E-state index in [4.69, 9.17) is 4.52 Å². The van der Waals surface area contributed by atoms with Crippen LogP contribution in [0.25, 0.3) is 0 Å². The van der Waals surface area contributed by atoms with Gasteiger partial charge in [-0.15, -0.1) is 0 Å². The van der Waals surface area contributed by atoms with Crippen molar-refractivity contribution < 1.29 is 9.32 Å². The molecule has 1 aliphatic rings. The van der Waals surface area contributed by atoms with E-state index in [9.17, 15) is 4.79 Å². The van der Waals surface area contributed by atoms with Crippen LogP contribution in [0, 0.1) is 13.8 Å². The SMILES string of the molecule is Cc1noc(C)c1CC(=O)N(C)[C@@H]1CCCN(c2ccccn2)C1. The van der Waals surface area contributed by atoms with Gasteiger partial charge in [-0.3, -0.25) is 4.79 Å². The third kappa shape index (κ3) is 3.42. The Morgan fingerprint density at radius 2 is 2.25 bits per heavy atom. The smallest absolute Gasteiger partial charge is 0.227 e. The number of piperidine rings is 1. The Kier molecular flexibility index (Phi) is 4.83. The number of amides is 1. The van der Waals surface area contributed by atoms with Gasteiger partial charge in [0.15, 0.2) is 0 Å². The number of pyridine rings is 1. The Morgan fingerprint density at radius 3 is 2.92 bits per heavy atom. The minimum atomic E-state index is 0.109. The van der Waals surface area contributed by atoms with Gasteiger partial charge in [0.25, 0.3) is 0 Å². The van der Waals surface area contributed by atoms with E-state index in [-0.39, 0.29) is 11.9 Å². The molecule has 1 fully saturated rings. The van der Waals surface area contributed by atoms with Gasteiger partial charge in [0.2, 0.25) is 5.91 Å². The molecule has 2 aromatic heterocycles. The fraction of sp³-hybridized carbons (Fsp3) is 0.500. The first-order valence-corrected chi connectivity index (χ1v) is 8.39. The van der Waals surface area contributed by atoms with Gasteiger partial charge >= 0.3 is 0 Å². The van der Waals surface area contributed by atoms with Crippen molar-refractivity contribution >= 4 is 11.7 Å². The highest BCUT2D eigenvalue weighted by molar-refractivity contribution is 5.79. The molecule has 0 saturated carbocycles. The Hall–Kier alpha value is -2.37. The van der Waals surface area contributed by atoms with Crippen molar-refractivity contribution in [3.05, 3.63) is 41.4 Å². The van der Waals surface area contributed by atoms with E-state index in [0.29, 0.717) is 6.42 Å². The highest BCUT2D eigenvalue weighted by Crippen LogP contribution is 2.21. The first-order chi connectivity index (χ1) is 11.6. The summed E-state index contributed by atoms with van der Waals surface area (Å²) in [6.45, 7) is 5.54. The highest BCUT2D eigenvalue weighted by Gasteiger charge is 2.27. The Balaban J connectivity index is 1.66. The van der Waals surface area contributed by atoms with Crippen molar-refractivity contribution in [3.63, 3.8) is 0 Å². The minimum Gasteiger partial charge on any atom is -0.361 e. The second-order valence-corrected chi connectivity index (χ2v) is 6.41. The molecule has 128 valence electrons. The van der Waals surface area contributed by atoms with E-state index in [1.165, 1.54) is 0 Å². The average molecular weight is 328 g/mol. The number of anilines is 1. The molecule has 1 aliphatic heterocycles. The van der Waals surface area contributed by atoms with Crippen LogP contribution in [-0.4, -0.2) is 47.1 Å². The van der Waals surface area contributed by atoms with Crippen molar-refractivity contribution in [2.75, 3.05) is 25.0 Å². The molecule has 0 bridgehead atoms. The largest absolute Gasteiger partial charge is 0.361 e. The van der Waals surface area contributed by atoms with Crippen LogP contribution in [0.1, 0.15) is 29.9 Å². The topological polar surface area (TPSA) is 62.5 Å². The molecule has 0 radical (unpaired) electrons. The molecule has 2 aromatic rings. The number of aryl methyl sites for hydroxylation is 2. The van der Waals surface area contributed by atoms with E-state index >= 15 is 0 Å². The number of rotatable bonds is 4. The number of likely N-dealkylation sites (N-methyl/N-ethyl adjacent to an activating group) is 1. The van der Waals surface area contributed by atoms with Crippen LogP contribution in [0.15, 0.2) is 28.9 Å². The molecular weight excluding hydrogens is 304 g/mol. The van der Waals surface area contributed by atoms with E-state index in [0.717, 1.165) is 48.8 Å². The Labute approximate surface area is 142 Å². The lowest BCUT2D eigenvalue weighted by atomic mass is 10.0. The molecule has 0 aromatic carbocycles. The Bertz CT molecular complexity index is 679. The van der Waals surface area contributed by atoms with Crippen LogP contribution < -0.4 is 4.90 Å². The second-order valence-electron chi connectivity index (χ2n) is 6.41. The van der Waals surface area contributed by atoms with Gasteiger partial charge in [-0.05, 0) is 38.8 Å². The van der Waals surface area contributed by atoms with Crippen molar-refractivity contribution in [1.29, 1.82) is 0 Å². The first-order valence-electron chi connectivity index (χ1n) is 8.39. The zero-order valence-corrected chi connectivity index (χ0v) is 14.5. The van der Waals surface area contributed by atoms with Gasteiger partial charge in [-0.25, -0.2) is 4.98 Å². The monoisotopic (exact) mass is 328 g/mol. The van der Waals surface area contributed by atoms with Crippen LogP contribution >= 0.6 is 0 Å². The van der Waals surface area contributed by atoms with E-state index in [1.807, 2.05) is 50.2 Å². The van der Waals surface area contributed by atoms with Gasteiger partial charge in [0.05, 0.1) is 12.1 Å². The summed E-state index contributed by atoms with van der Waals surface area (Å²) in [6.07, 6.45) is 4.24. The van der Waals surface area contributed by atoms with Gasteiger partial charge in [0.1, 0.15) is 11.6 Å². The number of carbonyl (C=O) groups excluding carboxylic acids is 1. The predicted octanol–water partition coefficient (Wildman–Crippen LogP) is 2.36. The molecule has 1 amide bonds. The second kappa shape index (κ2) is 7.03. The van der Waals surface area contributed by atoms with Crippen LogP contribution in [0.2, 0.25) is 0 Å². The van der Waals surface area contributed by atoms with E-state index < -0.39 is 0 Å². The zero-order chi connectivity index (χ0) is 17.1. The summed E-state index contributed by atoms with van der Waals surface area (Å²) in [7, 11) is 1.90. The van der Waals surface area contributed by atoms with Crippen LogP contribution in [0.3, 0.4) is 0 Å². The molecule has 1 atom stereocenters. The fourth-order valence-corrected chi connectivity index (χ4v) is 3.25. The van der Waals surface area contributed by atoms with Gasteiger partial charge in [-0.1, -0.05) is 11.2 Å². The molecule has 24 heavy (non-hydrogen) atoms. The lowest BCUT2D eigenvalue weighted by Crippen LogP contribution is -2.49. The average Bonchev–Trinajstić information content (AvgIpc) is 2.94. The molecule has 3 rings (SSSR count). The quantitative estimate of drug-likeness (QED) is 0.862. The molecule has 0 spiro atoms. The maximum atomic E-state index is 12.7. The summed E-state index contributed by atoms with van der Waals surface area (Å²) >= 11 is 0. The van der Waals surface area contributed by atoms with Crippen LogP contribution in [0.4, 0.5) is 5.82 Å². The molecule has 6 heteroatoms. The molecule has 1 saturated heterocycles. The van der Waals surface area contributed by atoms with Crippen molar-refractivity contribution in [2.24, 2.45) is 0 Å². The summed E-state index contributed by atoms with van der Waals surface area (Å²) in [5, 5.41) is 3.93. The third-order valence-corrected chi connectivity index (χ3v) is 4.82. The standard InChI is InChI=1S/C18H24N4O2/c1-13-16(14(2)24-20-13)11-18(23)21(3)15-7-6-10-22(12-15)17-8-4-5-9-19-17/h4-5,8-9,15H,6-7,10-12H2,1-3H3/t15-/m1/s1. The van der Waals surface area contributed by atoms with Gasteiger partial charge in [-0.2, -0.15) is 0 Å². The van der Waals surface area contributed by atoms with Crippen LogP contribution in [0.5, 0.6) is 0 Å². The minimum absolute atomic E-state index is 0.109. The number of carbonyl (C=O) groups is 1. The van der Waals surface area contributed by atoms with E-state index in [2.05, 4.69) is 15.0 Å². The Morgan fingerprint density at radius 1 is 1.42 bits per heavy atom. The summed E-state index contributed by atoms with van der Waals surface area (Å²) in [4.78, 5) is 21.2. The van der Waals surface area contributed by atoms with Crippen molar-refractivity contribution in [1.82, 2.24) is 15.0 Å². The first kappa shape index (κ1) is 16.5. The zero-order valence-electron chi connectivity index (χ0n) is 14.5. The third-order valence-electron chi connectivity index (χ3n) is 4.82. The summed E-state index contributed by atoms with van der Waals surface area (Å²) in [5.74, 6) is 1.82. The van der Waals surface area contributed by atoms with Crippen LogP contribution in [-0.2, 0) is 11.2 Å². The van der Waals surface area contributed by atoms with Crippen molar-refractivity contribution in [3.8, 4) is 0 Å². The lowest BCUT2D eigenvalue weighted by Gasteiger charge is -2.38. The van der Waals surface area contributed by atoms with Crippen molar-refractivity contribution in [2.45, 2.75) is 39.2 Å². The van der Waals surface area contributed by atoms with Gasteiger partial charge in [0, 0.05) is 37.9 Å². The molecule has 0 unspecified atom stereocenters. The normalized spacial score (nSPS) is 17.8. The maximum Gasteiger partial charge on any atom is 0.227 e. The summed E-state index contributed by atoms with van der Waals surface area (Å²) in [5.41, 5.74) is 1.71. The molecule has 3 heterocycles. The van der Waals surface area contributed by atoms with E-state index in [1.54, 1.807) is 0 Å².